The predicted molar refractivity (Wildman–Crippen MR) is 63.6 cm³/mol. The molecular formula is C11H22N4O. The van der Waals surface area contributed by atoms with Crippen LogP contribution >= 0.6 is 0 Å². The van der Waals surface area contributed by atoms with Crippen molar-refractivity contribution in [1.82, 2.24) is 15.2 Å². The Balaban J connectivity index is 2.56. The van der Waals surface area contributed by atoms with E-state index in [0.717, 1.165) is 18.5 Å². The van der Waals surface area contributed by atoms with Gasteiger partial charge in [0, 0.05) is 20.4 Å². The quantitative estimate of drug-likeness (QED) is 0.564. The summed E-state index contributed by atoms with van der Waals surface area (Å²) in [7, 11) is 3.63. The Morgan fingerprint density at radius 2 is 2.31 bits per heavy atom. The molecule has 1 heterocycles. The van der Waals surface area contributed by atoms with Gasteiger partial charge >= 0.3 is 0 Å². The normalized spacial score (nSPS) is 14.1. The summed E-state index contributed by atoms with van der Waals surface area (Å²) in [5.41, 5.74) is 3.65. The first-order chi connectivity index (χ1) is 7.48. The maximum absolute atomic E-state index is 5.54. The van der Waals surface area contributed by atoms with Crippen molar-refractivity contribution >= 4 is 0 Å². The maximum Gasteiger partial charge on any atom is 0.0807 e. The minimum absolute atomic E-state index is 0.0793. The van der Waals surface area contributed by atoms with E-state index >= 15 is 0 Å². The number of aryl methyl sites for hydroxylation is 1. The molecule has 0 spiro atoms. The molecule has 1 aromatic heterocycles. The van der Waals surface area contributed by atoms with Gasteiger partial charge in [-0.05, 0) is 32.8 Å². The molecule has 0 saturated heterocycles. The zero-order chi connectivity index (χ0) is 12.2. The van der Waals surface area contributed by atoms with Crippen LogP contribution in [-0.2, 0) is 11.8 Å². The molecule has 92 valence electrons. The Hall–Kier alpha value is -0.910. The molecule has 0 amide bonds. The van der Waals surface area contributed by atoms with Gasteiger partial charge in [0.1, 0.15) is 0 Å². The van der Waals surface area contributed by atoms with Crippen molar-refractivity contribution in [2.45, 2.75) is 38.3 Å². The van der Waals surface area contributed by atoms with Gasteiger partial charge in [-0.2, -0.15) is 5.10 Å². The molecule has 1 aromatic rings. The highest BCUT2D eigenvalue weighted by Gasteiger charge is 2.20. The Morgan fingerprint density at radius 1 is 1.62 bits per heavy atom. The van der Waals surface area contributed by atoms with Crippen LogP contribution < -0.4 is 11.3 Å². The molecule has 1 atom stereocenters. The van der Waals surface area contributed by atoms with Crippen LogP contribution in [0.2, 0.25) is 0 Å². The van der Waals surface area contributed by atoms with Crippen molar-refractivity contribution in [3.8, 4) is 0 Å². The summed E-state index contributed by atoms with van der Waals surface area (Å²) in [6.07, 6.45) is 3.74. The van der Waals surface area contributed by atoms with Gasteiger partial charge in [-0.15, -0.1) is 0 Å². The number of nitrogens with two attached hydrogens (primary N) is 1. The molecule has 0 aliphatic carbocycles. The molecular weight excluding hydrogens is 204 g/mol. The summed E-state index contributed by atoms with van der Waals surface area (Å²) in [4.78, 5) is 0. The van der Waals surface area contributed by atoms with Crippen molar-refractivity contribution < 1.29 is 4.74 Å². The number of hydrazine groups is 1. The van der Waals surface area contributed by atoms with E-state index in [1.165, 1.54) is 0 Å². The summed E-state index contributed by atoms with van der Waals surface area (Å²) in [5.74, 6) is 5.54. The number of rotatable bonds is 6. The Morgan fingerprint density at radius 3 is 2.75 bits per heavy atom. The predicted octanol–water partition coefficient (Wildman–Crippen LogP) is 1.13. The lowest BCUT2D eigenvalue weighted by Gasteiger charge is -2.25. The molecule has 3 N–H and O–H groups in total. The zero-order valence-corrected chi connectivity index (χ0v) is 10.5. The van der Waals surface area contributed by atoms with Gasteiger partial charge in [-0.1, -0.05) is 0 Å². The van der Waals surface area contributed by atoms with E-state index in [4.69, 9.17) is 10.6 Å². The third-order valence-corrected chi connectivity index (χ3v) is 2.88. The largest absolute Gasteiger partial charge is 0.379 e. The lowest BCUT2D eigenvalue weighted by Crippen LogP contribution is -2.31. The minimum Gasteiger partial charge on any atom is -0.379 e. The molecule has 0 aromatic carbocycles. The summed E-state index contributed by atoms with van der Waals surface area (Å²) >= 11 is 0. The first-order valence-electron chi connectivity index (χ1n) is 5.49. The number of ether oxygens (including phenoxy) is 1. The molecule has 5 nitrogen and oxygen atoms in total. The van der Waals surface area contributed by atoms with E-state index in [2.05, 4.69) is 24.4 Å². The van der Waals surface area contributed by atoms with Crippen LogP contribution in [0.4, 0.5) is 0 Å². The van der Waals surface area contributed by atoms with E-state index in [9.17, 15) is 0 Å². The number of nitrogens with one attached hydrogen (secondary N) is 1. The number of nitrogens with zero attached hydrogens (tertiary/aromatic N) is 2. The van der Waals surface area contributed by atoms with Crippen LogP contribution in [0.15, 0.2) is 12.3 Å². The molecule has 0 radical (unpaired) electrons. The smallest absolute Gasteiger partial charge is 0.0807 e. The topological polar surface area (TPSA) is 65.1 Å². The molecule has 0 aliphatic heterocycles. The fraction of sp³-hybridized carbons (Fsp3) is 0.727. The summed E-state index contributed by atoms with van der Waals surface area (Å²) < 4.78 is 7.16. The molecule has 16 heavy (non-hydrogen) atoms. The fourth-order valence-electron chi connectivity index (χ4n) is 1.53. The van der Waals surface area contributed by atoms with Crippen molar-refractivity contribution in [2.24, 2.45) is 12.9 Å². The van der Waals surface area contributed by atoms with Crippen LogP contribution in [0.3, 0.4) is 0 Å². The number of aromatic nitrogens is 2. The van der Waals surface area contributed by atoms with Crippen LogP contribution in [0.5, 0.6) is 0 Å². The van der Waals surface area contributed by atoms with E-state index < -0.39 is 0 Å². The lowest BCUT2D eigenvalue weighted by molar-refractivity contribution is 0.0116. The van der Waals surface area contributed by atoms with Crippen LogP contribution in [-0.4, -0.2) is 22.5 Å². The standard InChI is InChI=1S/C11H22N4O/c1-11(2,16-4)7-5-9(13-12)10-6-8-15(3)14-10/h6,8-9,13H,5,7,12H2,1-4H3. The molecule has 1 rings (SSSR count). The van der Waals surface area contributed by atoms with Crippen LogP contribution in [0, 0.1) is 0 Å². The van der Waals surface area contributed by atoms with Crippen molar-refractivity contribution in [1.29, 1.82) is 0 Å². The molecule has 0 saturated carbocycles. The number of methoxy groups -OCH3 is 1. The third-order valence-electron chi connectivity index (χ3n) is 2.88. The molecule has 1 unspecified atom stereocenters. The van der Waals surface area contributed by atoms with E-state index in [1.807, 2.05) is 19.3 Å². The Labute approximate surface area is 96.9 Å². The zero-order valence-electron chi connectivity index (χ0n) is 10.5. The van der Waals surface area contributed by atoms with E-state index in [1.54, 1.807) is 11.8 Å². The van der Waals surface area contributed by atoms with Crippen molar-refractivity contribution in [3.05, 3.63) is 18.0 Å². The first-order valence-corrected chi connectivity index (χ1v) is 5.49. The number of hydrogen-bond donors (Lipinski definition) is 2. The van der Waals surface area contributed by atoms with Gasteiger partial charge < -0.3 is 4.74 Å². The maximum atomic E-state index is 5.54. The molecule has 5 heteroatoms. The second-order valence-electron chi connectivity index (χ2n) is 4.64. The highest BCUT2D eigenvalue weighted by Crippen LogP contribution is 2.22. The minimum atomic E-state index is -0.121. The van der Waals surface area contributed by atoms with Gasteiger partial charge in [-0.25, -0.2) is 0 Å². The van der Waals surface area contributed by atoms with Crippen LogP contribution in [0.25, 0.3) is 0 Å². The molecule has 0 aliphatic rings. The average Bonchev–Trinajstić information content (AvgIpc) is 2.66. The third kappa shape index (κ3) is 3.59. The summed E-state index contributed by atoms with van der Waals surface area (Å²) in [6.45, 7) is 4.14. The summed E-state index contributed by atoms with van der Waals surface area (Å²) in [5, 5.41) is 4.34. The van der Waals surface area contributed by atoms with Gasteiger partial charge in [0.05, 0.1) is 17.3 Å². The summed E-state index contributed by atoms with van der Waals surface area (Å²) in [6, 6.07) is 2.06. The first kappa shape index (κ1) is 13.2. The Kier molecular flexibility index (Phi) is 4.46. The second-order valence-corrected chi connectivity index (χ2v) is 4.64. The number of hydrogen-bond acceptors (Lipinski definition) is 4. The van der Waals surface area contributed by atoms with Gasteiger partial charge in [0.25, 0.3) is 0 Å². The van der Waals surface area contributed by atoms with Crippen molar-refractivity contribution in [3.63, 3.8) is 0 Å². The highest BCUT2D eigenvalue weighted by molar-refractivity contribution is 5.05. The monoisotopic (exact) mass is 226 g/mol. The second kappa shape index (κ2) is 5.43. The lowest BCUT2D eigenvalue weighted by atomic mass is 9.98. The van der Waals surface area contributed by atoms with Gasteiger partial charge in [0.2, 0.25) is 0 Å². The van der Waals surface area contributed by atoms with Gasteiger partial charge in [-0.3, -0.25) is 16.0 Å². The van der Waals surface area contributed by atoms with Gasteiger partial charge in [0.15, 0.2) is 0 Å². The molecule has 0 bridgehead atoms. The average molecular weight is 226 g/mol. The molecule has 0 fully saturated rings. The van der Waals surface area contributed by atoms with Crippen LogP contribution in [0.1, 0.15) is 38.4 Å². The highest BCUT2D eigenvalue weighted by atomic mass is 16.5. The fourth-order valence-corrected chi connectivity index (χ4v) is 1.53. The van der Waals surface area contributed by atoms with Crippen molar-refractivity contribution in [2.75, 3.05) is 7.11 Å². The SMILES string of the molecule is COC(C)(C)CCC(NN)c1ccn(C)n1. The Bertz CT molecular complexity index is 322. The van der Waals surface area contributed by atoms with E-state index in [-0.39, 0.29) is 11.6 Å². The van der Waals surface area contributed by atoms with E-state index in [0.29, 0.717) is 0 Å².